The summed E-state index contributed by atoms with van der Waals surface area (Å²) in [5.41, 5.74) is 8.34. The maximum absolute atomic E-state index is 13.2. The van der Waals surface area contributed by atoms with Crippen LogP contribution in [0.2, 0.25) is 0 Å². The maximum atomic E-state index is 13.2. The van der Waals surface area contributed by atoms with Gasteiger partial charge in [-0.05, 0) is 68.4 Å². The molecule has 2 amide bonds. The van der Waals surface area contributed by atoms with Crippen LogP contribution in [0.25, 0.3) is 5.69 Å². The molecule has 0 aliphatic rings. The number of hydrogen-bond donors (Lipinski definition) is 2. The summed E-state index contributed by atoms with van der Waals surface area (Å²) in [6, 6.07) is 13.6. The Balaban J connectivity index is 1.65. The van der Waals surface area contributed by atoms with E-state index in [9.17, 15) is 18.8 Å². The zero-order chi connectivity index (χ0) is 21.8. The molecule has 0 aliphatic carbocycles. The molecule has 0 bridgehead atoms. The van der Waals surface area contributed by atoms with Crippen LogP contribution in [0.5, 0.6) is 0 Å². The summed E-state index contributed by atoms with van der Waals surface area (Å²) in [6.07, 6.45) is 0. The number of nitrogens with zero attached hydrogens (tertiary/aromatic N) is 1. The normalized spacial score (nSPS) is 10.5. The number of rotatable bonds is 6. The van der Waals surface area contributed by atoms with Crippen LogP contribution in [0, 0.1) is 19.7 Å². The van der Waals surface area contributed by atoms with Gasteiger partial charge in [0, 0.05) is 28.3 Å². The van der Waals surface area contributed by atoms with Gasteiger partial charge >= 0.3 is 5.97 Å². The smallest absolute Gasteiger partial charge is 0.340 e. The number of benzene rings is 2. The Kier molecular flexibility index (Phi) is 5.96. The lowest BCUT2D eigenvalue weighted by atomic mass is 10.2. The Morgan fingerprint density at radius 2 is 1.67 bits per heavy atom. The molecule has 7 nitrogen and oxygen atoms in total. The van der Waals surface area contributed by atoms with Gasteiger partial charge in [0.1, 0.15) is 5.82 Å². The molecule has 0 saturated heterocycles. The van der Waals surface area contributed by atoms with Crippen LogP contribution < -0.4 is 11.1 Å². The van der Waals surface area contributed by atoms with Gasteiger partial charge in [0.2, 0.25) is 5.91 Å². The standard InChI is InChI=1S/C22H20FN3O4/c1-13-11-19(14(2)26(13)18-9-5-16(23)6-10-18)22(29)30-12-20(27)25-17-7-3-15(4-8-17)21(24)28/h3-11H,12H2,1-2H3,(H2,24,28)(H,25,27). The number of aryl methyl sites for hydroxylation is 1. The molecule has 0 unspecified atom stereocenters. The van der Waals surface area contributed by atoms with Gasteiger partial charge < -0.3 is 20.4 Å². The molecular weight excluding hydrogens is 389 g/mol. The molecule has 0 aliphatic heterocycles. The Morgan fingerprint density at radius 3 is 2.27 bits per heavy atom. The first kappa shape index (κ1) is 20.8. The molecule has 2 aromatic carbocycles. The second-order valence-electron chi connectivity index (χ2n) is 6.66. The zero-order valence-corrected chi connectivity index (χ0v) is 16.4. The second-order valence-corrected chi connectivity index (χ2v) is 6.66. The van der Waals surface area contributed by atoms with E-state index in [1.807, 2.05) is 6.92 Å². The molecule has 1 aromatic heterocycles. The first-order valence-corrected chi connectivity index (χ1v) is 9.08. The Bertz CT molecular complexity index is 1100. The van der Waals surface area contributed by atoms with E-state index in [0.717, 1.165) is 5.69 Å². The predicted octanol–water partition coefficient (Wildman–Crippen LogP) is 3.13. The summed E-state index contributed by atoms with van der Waals surface area (Å²) >= 11 is 0. The molecule has 0 saturated carbocycles. The number of anilines is 1. The van der Waals surface area contributed by atoms with Crippen molar-refractivity contribution in [2.24, 2.45) is 5.73 Å². The number of primary amides is 1. The zero-order valence-electron chi connectivity index (χ0n) is 16.4. The van der Waals surface area contributed by atoms with Crippen LogP contribution in [0.15, 0.2) is 54.6 Å². The van der Waals surface area contributed by atoms with Gasteiger partial charge in [-0.1, -0.05) is 0 Å². The van der Waals surface area contributed by atoms with Crippen LogP contribution in [0.4, 0.5) is 10.1 Å². The van der Waals surface area contributed by atoms with Crippen molar-refractivity contribution in [1.82, 2.24) is 4.57 Å². The van der Waals surface area contributed by atoms with E-state index < -0.39 is 24.4 Å². The third-order valence-electron chi connectivity index (χ3n) is 4.52. The first-order valence-electron chi connectivity index (χ1n) is 9.08. The van der Waals surface area contributed by atoms with Gasteiger partial charge in [0.25, 0.3) is 5.91 Å². The topological polar surface area (TPSA) is 103 Å². The number of esters is 1. The van der Waals surface area contributed by atoms with E-state index in [4.69, 9.17) is 10.5 Å². The van der Waals surface area contributed by atoms with E-state index >= 15 is 0 Å². The van der Waals surface area contributed by atoms with Crippen molar-refractivity contribution in [2.45, 2.75) is 13.8 Å². The number of amides is 2. The predicted molar refractivity (Wildman–Crippen MR) is 109 cm³/mol. The van der Waals surface area contributed by atoms with E-state index in [1.54, 1.807) is 29.7 Å². The van der Waals surface area contributed by atoms with Crippen molar-refractivity contribution in [3.8, 4) is 5.69 Å². The fraction of sp³-hybridized carbons (Fsp3) is 0.136. The van der Waals surface area contributed by atoms with Crippen LogP contribution >= 0.6 is 0 Å². The molecule has 0 spiro atoms. The molecule has 1 heterocycles. The molecule has 8 heteroatoms. The minimum Gasteiger partial charge on any atom is -0.452 e. The third-order valence-corrected chi connectivity index (χ3v) is 4.52. The average Bonchev–Trinajstić information content (AvgIpc) is 3.01. The van der Waals surface area contributed by atoms with E-state index in [0.29, 0.717) is 28.2 Å². The number of ether oxygens (including phenoxy) is 1. The molecule has 3 aromatic rings. The Labute approximate surface area is 172 Å². The fourth-order valence-electron chi connectivity index (χ4n) is 3.08. The quantitative estimate of drug-likeness (QED) is 0.611. The minimum atomic E-state index is -0.643. The molecule has 154 valence electrons. The largest absolute Gasteiger partial charge is 0.452 e. The molecule has 0 fully saturated rings. The van der Waals surface area contributed by atoms with Crippen molar-refractivity contribution in [1.29, 1.82) is 0 Å². The van der Waals surface area contributed by atoms with Gasteiger partial charge in [-0.25, -0.2) is 9.18 Å². The fourth-order valence-corrected chi connectivity index (χ4v) is 3.08. The summed E-state index contributed by atoms with van der Waals surface area (Å²) in [7, 11) is 0. The SMILES string of the molecule is Cc1cc(C(=O)OCC(=O)Nc2ccc(C(N)=O)cc2)c(C)n1-c1ccc(F)cc1. The number of aromatic nitrogens is 1. The number of carbonyl (C=O) groups excluding carboxylic acids is 3. The van der Waals surface area contributed by atoms with Crippen LogP contribution in [0.3, 0.4) is 0 Å². The number of nitrogens with two attached hydrogens (primary N) is 1. The Hall–Kier alpha value is -3.94. The second kappa shape index (κ2) is 8.60. The average molecular weight is 409 g/mol. The van der Waals surface area contributed by atoms with Crippen molar-refractivity contribution in [3.05, 3.63) is 82.9 Å². The molecular formula is C22H20FN3O4. The highest BCUT2D eigenvalue weighted by Gasteiger charge is 2.19. The van der Waals surface area contributed by atoms with E-state index in [-0.39, 0.29) is 5.82 Å². The van der Waals surface area contributed by atoms with Gasteiger partial charge in [-0.3, -0.25) is 9.59 Å². The molecule has 30 heavy (non-hydrogen) atoms. The summed E-state index contributed by atoms with van der Waals surface area (Å²) in [6.45, 7) is 3.08. The van der Waals surface area contributed by atoms with Crippen LogP contribution in [-0.2, 0) is 9.53 Å². The van der Waals surface area contributed by atoms with Crippen molar-refractivity contribution < 1.29 is 23.5 Å². The van der Waals surface area contributed by atoms with E-state index in [1.165, 1.54) is 36.4 Å². The summed E-state index contributed by atoms with van der Waals surface area (Å²) < 4.78 is 20.1. The molecule has 0 atom stereocenters. The Morgan fingerprint density at radius 1 is 1.03 bits per heavy atom. The molecule has 3 N–H and O–H groups in total. The number of carbonyl (C=O) groups is 3. The highest BCUT2D eigenvalue weighted by molar-refractivity contribution is 5.97. The van der Waals surface area contributed by atoms with E-state index in [2.05, 4.69) is 5.32 Å². The summed E-state index contributed by atoms with van der Waals surface area (Å²) in [4.78, 5) is 35.6. The number of nitrogens with one attached hydrogen (secondary N) is 1. The minimum absolute atomic E-state index is 0.315. The van der Waals surface area contributed by atoms with Crippen molar-refractivity contribution >= 4 is 23.5 Å². The third kappa shape index (κ3) is 4.54. The molecule has 0 radical (unpaired) electrons. The van der Waals surface area contributed by atoms with Gasteiger partial charge in [-0.2, -0.15) is 0 Å². The summed E-state index contributed by atoms with van der Waals surface area (Å²) in [5, 5.41) is 2.57. The highest BCUT2D eigenvalue weighted by Crippen LogP contribution is 2.22. The molecule has 3 rings (SSSR count). The number of hydrogen-bond acceptors (Lipinski definition) is 4. The van der Waals surface area contributed by atoms with Gasteiger partial charge in [0.05, 0.1) is 5.56 Å². The van der Waals surface area contributed by atoms with Gasteiger partial charge in [0.15, 0.2) is 6.61 Å². The number of halogens is 1. The monoisotopic (exact) mass is 409 g/mol. The first-order chi connectivity index (χ1) is 14.3. The highest BCUT2D eigenvalue weighted by atomic mass is 19.1. The van der Waals surface area contributed by atoms with Crippen LogP contribution in [-0.4, -0.2) is 29.0 Å². The lowest BCUT2D eigenvalue weighted by Gasteiger charge is -2.10. The van der Waals surface area contributed by atoms with Gasteiger partial charge in [-0.15, -0.1) is 0 Å². The lowest BCUT2D eigenvalue weighted by Crippen LogP contribution is -2.21. The van der Waals surface area contributed by atoms with Crippen molar-refractivity contribution in [3.63, 3.8) is 0 Å². The lowest BCUT2D eigenvalue weighted by molar-refractivity contribution is -0.119. The maximum Gasteiger partial charge on any atom is 0.340 e. The van der Waals surface area contributed by atoms with Crippen molar-refractivity contribution in [2.75, 3.05) is 11.9 Å². The summed E-state index contributed by atoms with van der Waals surface area (Å²) in [5.74, 6) is -2.09. The van der Waals surface area contributed by atoms with Crippen LogP contribution in [0.1, 0.15) is 32.1 Å².